The summed E-state index contributed by atoms with van der Waals surface area (Å²) in [7, 11) is 0. The number of unbranched alkanes of at least 4 members (excludes halogenated alkanes) is 2. The number of amides is 1. The summed E-state index contributed by atoms with van der Waals surface area (Å²) in [5.41, 5.74) is 2.48. The van der Waals surface area contributed by atoms with E-state index < -0.39 is 11.5 Å². The number of aromatic nitrogens is 2. The highest BCUT2D eigenvalue weighted by molar-refractivity contribution is 6.03. The third-order valence-electron chi connectivity index (χ3n) is 4.91. The van der Waals surface area contributed by atoms with Crippen molar-refractivity contribution in [2.45, 2.75) is 32.7 Å². The average molecular weight is 405 g/mol. The van der Waals surface area contributed by atoms with Crippen molar-refractivity contribution in [1.82, 2.24) is 15.1 Å². The van der Waals surface area contributed by atoms with Gasteiger partial charge >= 0.3 is 0 Å². The number of nitrogens with zero attached hydrogens (tertiary/aromatic N) is 2. The predicted octanol–water partition coefficient (Wildman–Crippen LogP) is 3.49. The number of carbonyl (C=O) groups is 1. The standard InChI is InChI=1S/C24H27N3O3/c1-2-27-24(30)21(23(29)25-16-10-5-11-17-28)20(18-12-6-3-7-13-18)22(26-27)19-14-8-4-9-15-19/h3-4,6-9,12-15,28H,2,5,10-11,16-17H2,1H3,(H,25,29). The second-order valence-electron chi connectivity index (χ2n) is 6.99. The Labute approximate surface area is 176 Å². The lowest BCUT2D eigenvalue weighted by molar-refractivity contribution is 0.0951. The van der Waals surface area contributed by atoms with E-state index in [1.165, 1.54) is 4.68 Å². The molecule has 0 spiro atoms. The van der Waals surface area contributed by atoms with Gasteiger partial charge in [0, 0.05) is 30.8 Å². The number of hydrogen-bond acceptors (Lipinski definition) is 4. The molecule has 1 heterocycles. The first-order chi connectivity index (χ1) is 14.7. The summed E-state index contributed by atoms with van der Waals surface area (Å²) in [6.45, 7) is 2.78. The van der Waals surface area contributed by atoms with E-state index in [9.17, 15) is 9.59 Å². The molecule has 0 fully saturated rings. The highest BCUT2D eigenvalue weighted by Gasteiger charge is 2.24. The summed E-state index contributed by atoms with van der Waals surface area (Å²) in [4.78, 5) is 26.3. The smallest absolute Gasteiger partial charge is 0.280 e. The monoisotopic (exact) mass is 405 g/mol. The zero-order valence-corrected chi connectivity index (χ0v) is 17.2. The van der Waals surface area contributed by atoms with E-state index in [-0.39, 0.29) is 12.2 Å². The maximum Gasteiger partial charge on any atom is 0.280 e. The molecule has 6 heteroatoms. The molecule has 0 radical (unpaired) electrons. The highest BCUT2D eigenvalue weighted by atomic mass is 16.3. The van der Waals surface area contributed by atoms with Gasteiger partial charge in [0.05, 0.1) is 5.69 Å². The topological polar surface area (TPSA) is 84.2 Å². The molecule has 0 saturated heterocycles. The molecule has 0 aliphatic heterocycles. The minimum absolute atomic E-state index is 0.110. The number of nitrogens with one attached hydrogen (secondary N) is 1. The molecule has 2 N–H and O–H groups in total. The van der Waals surface area contributed by atoms with Gasteiger partial charge in [0.15, 0.2) is 0 Å². The van der Waals surface area contributed by atoms with Gasteiger partial charge in [-0.05, 0) is 31.7 Å². The third kappa shape index (κ3) is 4.83. The van der Waals surface area contributed by atoms with Crippen LogP contribution in [0.2, 0.25) is 0 Å². The van der Waals surface area contributed by atoms with E-state index in [0.29, 0.717) is 30.8 Å². The number of carbonyl (C=O) groups excluding carboxylic acids is 1. The van der Waals surface area contributed by atoms with Gasteiger partial charge in [-0.3, -0.25) is 9.59 Å². The number of rotatable bonds is 9. The molecule has 156 valence electrons. The van der Waals surface area contributed by atoms with Crippen LogP contribution in [0.15, 0.2) is 65.5 Å². The lowest BCUT2D eigenvalue weighted by Gasteiger charge is -2.17. The van der Waals surface area contributed by atoms with Crippen LogP contribution in [0.4, 0.5) is 0 Å². The fourth-order valence-electron chi connectivity index (χ4n) is 3.38. The lowest BCUT2D eigenvalue weighted by Crippen LogP contribution is -2.36. The van der Waals surface area contributed by atoms with Gasteiger partial charge in [-0.2, -0.15) is 5.10 Å². The number of benzene rings is 2. The first kappa shape index (κ1) is 21.5. The minimum atomic E-state index is -0.399. The predicted molar refractivity (Wildman–Crippen MR) is 118 cm³/mol. The van der Waals surface area contributed by atoms with Crippen LogP contribution in [-0.4, -0.2) is 33.9 Å². The van der Waals surface area contributed by atoms with Gasteiger partial charge in [-0.1, -0.05) is 60.7 Å². The first-order valence-electron chi connectivity index (χ1n) is 10.3. The minimum Gasteiger partial charge on any atom is -0.396 e. The summed E-state index contributed by atoms with van der Waals surface area (Å²) in [6.07, 6.45) is 2.25. The van der Waals surface area contributed by atoms with Gasteiger partial charge in [-0.15, -0.1) is 0 Å². The van der Waals surface area contributed by atoms with Crippen molar-refractivity contribution in [3.63, 3.8) is 0 Å². The molecule has 3 aromatic rings. The fraction of sp³-hybridized carbons (Fsp3) is 0.292. The van der Waals surface area contributed by atoms with Crippen molar-refractivity contribution in [2.75, 3.05) is 13.2 Å². The van der Waals surface area contributed by atoms with Crippen LogP contribution < -0.4 is 10.9 Å². The first-order valence-corrected chi connectivity index (χ1v) is 10.3. The van der Waals surface area contributed by atoms with E-state index in [1.807, 2.05) is 67.6 Å². The summed E-state index contributed by atoms with van der Waals surface area (Å²) in [6, 6.07) is 19.0. The normalized spacial score (nSPS) is 10.7. The Morgan fingerprint density at radius 1 is 0.967 bits per heavy atom. The SMILES string of the molecule is CCn1nc(-c2ccccc2)c(-c2ccccc2)c(C(=O)NCCCCCO)c1=O. The highest BCUT2D eigenvalue weighted by Crippen LogP contribution is 2.31. The average Bonchev–Trinajstić information content (AvgIpc) is 2.79. The van der Waals surface area contributed by atoms with Crippen LogP contribution in [0.1, 0.15) is 36.5 Å². The summed E-state index contributed by atoms with van der Waals surface area (Å²) >= 11 is 0. The van der Waals surface area contributed by atoms with Crippen LogP contribution in [0, 0.1) is 0 Å². The van der Waals surface area contributed by atoms with Crippen LogP contribution in [-0.2, 0) is 6.54 Å². The van der Waals surface area contributed by atoms with Gasteiger partial charge in [0.25, 0.3) is 11.5 Å². The molecule has 0 saturated carbocycles. The largest absolute Gasteiger partial charge is 0.396 e. The van der Waals surface area contributed by atoms with Crippen LogP contribution in [0.25, 0.3) is 22.4 Å². The van der Waals surface area contributed by atoms with Crippen molar-refractivity contribution < 1.29 is 9.90 Å². The number of aliphatic hydroxyl groups excluding tert-OH is 1. The second kappa shape index (κ2) is 10.5. The molecule has 30 heavy (non-hydrogen) atoms. The fourth-order valence-corrected chi connectivity index (χ4v) is 3.38. The molecule has 6 nitrogen and oxygen atoms in total. The van der Waals surface area contributed by atoms with E-state index in [2.05, 4.69) is 10.4 Å². The Bertz CT molecular complexity index is 1030. The van der Waals surface area contributed by atoms with Gasteiger partial charge in [0.1, 0.15) is 5.56 Å². The van der Waals surface area contributed by atoms with Crippen LogP contribution >= 0.6 is 0 Å². The molecule has 1 amide bonds. The van der Waals surface area contributed by atoms with Crippen molar-refractivity contribution in [3.05, 3.63) is 76.6 Å². The third-order valence-corrected chi connectivity index (χ3v) is 4.91. The number of hydrogen-bond donors (Lipinski definition) is 2. The summed E-state index contributed by atoms with van der Waals surface area (Å²) in [5, 5.41) is 16.4. The van der Waals surface area contributed by atoms with Crippen molar-refractivity contribution in [3.8, 4) is 22.4 Å². The molecule has 0 aliphatic carbocycles. The molecule has 3 rings (SSSR count). The van der Waals surface area contributed by atoms with E-state index in [0.717, 1.165) is 24.0 Å². The van der Waals surface area contributed by atoms with Crippen LogP contribution in [0.3, 0.4) is 0 Å². The maximum absolute atomic E-state index is 13.2. The van der Waals surface area contributed by atoms with Crippen LogP contribution in [0.5, 0.6) is 0 Å². The van der Waals surface area contributed by atoms with E-state index in [4.69, 9.17) is 5.11 Å². The van der Waals surface area contributed by atoms with Crippen molar-refractivity contribution >= 4 is 5.91 Å². The molecule has 2 aromatic carbocycles. The van der Waals surface area contributed by atoms with Gasteiger partial charge < -0.3 is 10.4 Å². The Balaban J connectivity index is 2.14. The molecular formula is C24H27N3O3. The van der Waals surface area contributed by atoms with E-state index in [1.54, 1.807) is 0 Å². The summed E-state index contributed by atoms with van der Waals surface area (Å²) < 4.78 is 1.34. The number of aliphatic hydroxyl groups is 1. The molecular weight excluding hydrogens is 378 g/mol. The molecule has 0 unspecified atom stereocenters. The van der Waals surface area contributed by atoms with Gasteiger partial charge in [0.2, 0.25) is 0 Å². The molecule has 0 bridgehead atoms. The zero-order valence-electron chi connectivity index (χ0n) is 17.2. The molecule has 0 aliphatic rings. The number of aryl methyl sites for hydroxylation is 1. The summed E-state index contributed by atoms with van der Waals surface area (Å²) in [5.74, 6) is -0.398. The molecule has 1 aromatic heterocycles. The quantitative estimate of drug-likeness (QED) is 0.534. The van der Waals surface area contributed by atoms with E-state index >= 15 is 0 Å². The maximum atomic E-state index is 13.2. The second-order valence-corrected chi connectivity index (χ2v) is 6.99. The van der Waals surface area contributed by atoms with Crippen molar-refractivity contribution in [1.29, 1.82) is 0 Å². The Morgan fingerprint density at radius 3 is 2.20 bits per heavy atom. The van der Waals surface area contributed by atoms with Gasteiger partial charge in [-0.25, -0.2) is 4.68 Å². The lowest BCUT2D eigenvalue weighted by atomic mass is 9.95. The van der Waals surface area contributed by atoms with Crippen molar-refractivity contribution in [2.24, 2.45) is 0 Å². The Kier molecular flexibility index (Phi) is 7.51. The Morgan fingerprint density at radius 2 is 1.60 bits per heavy atom. The Hall–Kier alpha value is -3.25. The zero-order chi connectivity index (χ0) is 21.3. The molecule has 0 atom stereocenters.